The molecule has 0 aliphatic carbocycles. The number of benzene rings is 2. The van der Waals surface area contributed by atoms with Gasteiger partial charge in [-0.2, -0.15) is 0 Å². The molecule has 0 bridgehead atoms. The second-order valence-corrected chi connectivity index (χ2v) is 8.99. The second kappa shape index (κ2) is 8.17. The largest absolute Gasteiger partial charge is 0.493 e. The number of carbonyl (C=O) groups is 3. The normalized spacial score (nSPS) is 20.1. The van der Waals surface area contributed by atoms with Gasteiger partial charge in [-0.05, 0) is 38.5 Å². The topological polar surface area (TPSA) is 80.6 Å². The number of hydrogen-bond donors (Lipinski definition) is 1. The Balaban J connectivity index is 1.42. The highest BCUT2D eigenvalue weighted by Crippen LogP contribution is 2.41. The van der Waals surface area contributed by atoms with Gasteiger partial charge in [-0.1, -0.05) is 48.5 Å². The predicted molar refractivity (Wildman–Crippen MR) is 127 cm³/mol. The van der Waals surface area contributed by atoms with Crippen LogP contribution in [0.15, 0.2) is 60.7 Å². The molecule has 1 spiro atoms. The smallest absolute Gasteiger partial charge is 0.325 e. The Morgan fingerprint density at radius 2 is 1.79 bits per heavy atom. The number of hydrogen-bond acceptors (Lipinski definition) is 4. The van der Waals surface area contributed by atoms with Crippen molar-refractivity contribution in [3.8, 4) is 5.75 Å². The van der Waals surface area contributed by atoms with Gasteiger partial charge in [0, 0.05) is 28.9 Å². The number of carbonyl (C=O) groups excluding carboxylic acids is 3. The van der Waals surface area contributed by atoms with Crippen molar-refractivity contribution < 1.29 is 19.1 Å². The van der Waals surface area contributed by atoms with Crippen LogP contribution in [0.1, 0.15) is 52.3 Å². The van der Waals surface area contributed by atoms with Crippen LogP contribution < -0.4 is 10.1 Å². The SMILES string of the molecule is Cc1cc(C(=O)CN2C(=O)N[C@@]3(CCOc4ccccc43)C2=O)c(C)n1[C@H](C)c1ccccc1. The Kier molecular flexibility index (Phi) is 5.27. The molecule has 1 N–H and O–H groups in total. The van der Waals surface area contributed by atoms with Crippen molar-refractivity contribution in [2.75, 3.05) is 13.2 Å². The van der Waals surface area contributed by atoms with E-state index in [1.54, 1.807) is 12.1 Å². The molecule has 1 fully saturated rings. The lowest BCUT2D eigenvalue weighted by Gasteiger charge is -2.33. The molecule has 1 saturated heterocycles. The lowest BCUT2D eigenvalue weighted by Crippen LogP contribution is -2.47. The Morgan fingerprint density at radius 1 is 1.09 bits per heavy atom. The van der Waals surface area contributed by atoms with Crippen molar-refractivity contribution in [1.82, 2.24) is 14.8 Å². The first-order valence-corrected chi connectivity index (χ1v) is 11.5. The van der Waals surface area contributed by atoms with Crippen LogP contribution in [0.2, 0.25) is 0 Å². The quantitative estimate of drug-likeness (QED) is 0.462. The number of amides is 3. The minimum absolute atomic E-state index is 0.0430. The molecule has 34 heavy (non-hydrogen) atoms. The summed E-state index contributed by atoms with van der Waals surface area (Å²) in [7, 11) is 0. The van der Waals surface area contributed by atoms with Gasteiger partial charge < -0.3 is 14.6 Å². The fourth-order valence-electron chi connectivity index (χ4n) is 5.28. The number of nitrogens with one attached hydrogen (secondary N) is 1. The number of urea groups is 1. The molecule has 2 aliphatic rings. The number of rotatable bonds is 5. The monoisotopic (exact) mass is 457 g/mol. The zero-order valence-electron chi connectivity index (χ0n) is 19.5. The van der Waals surface area contributed by atoms with E-state index in [-0.39, 0.29) is 18.4 Å². The summed E-state index contributed by atoms with van der Waals surface area (Å²) in [5.41, 5.74) is 2.86. The minimum Gasteiger partial charge on any atom is -0.493 e. The molecule has 3 heterocycles. The first kappa shape index (κ1) is 21.9. The summed E-state index contributed by atoms with van der Waals surface area (Å²) in [6.07, 6.45) is 0.322. The van der Waals surface area contributed by atoms with Gasteiger partial charge >= 0.3 is 6.03 Å². The Hall–Kier alpha value is -3.87. The van der Waals surface area contributed by atoms with Crippen LogP contribution in [0, 0.1) is 13.8 Å². The predicted octanol–water partition coefficient (Wildman–Crippen LogP) is 4.13. The van der Waals surface area contributed by atoms with Crippen LogP contribution in [0.5, 0.6) is 5.75 Å². The highest BCUT2D eigenvalue weighted by molar-refractivity contribution is 6.12. The van der Waals surface area contributed by atoms with Crippen molar-refractivity contribution in [2.45, 2.75) is 38.8 Å². The fourth-order valence-corrected chi connectivity index (χ4v) is 5.28. The van der Waals surface area contributed by atoms with E-state index >= 15 is 0 Å². The van der Waals surface area contributed by atoms with E-state index in [0.29, 0.717) is 29.9 Å². The van der Waals surface area contributed by atoms with Gasteiger partial charge in [0.25, 0.3) is 5.91 Å². The summed E-state index contributed by atoms with van der Waals surface area (Å²) in [6.45, 7) is 5.96. The molecule has 0 saturated carbocycles. The van der Waals surface area contributed by atoms with E-state index in [2.05, 4.69) is 28.9 Å². The number of fused-ring (bicyclic) bond motifs is 2. The second-order valence-electron chi connectivity index (χ2n) is 8.99. The molecule has 2 aliphatic heterocycles. The summed E-state index contributed by atoms with van der Waals surface area (Å²) in [5.74, 6) is -0.0948. The molecule has 3 amide bonds. The number of imide groups is 1. The maximum Gasteiger partial charge on any atom is 0.325 e. The first-order valence-electron chi connectivity index (χ1n) is 11.5. The number of Topliss-reactive ketones (excluding diaryl/α,β-unsaturated/α-hetero) is 1. The van der Waals surface area contributed by atoms with E-state index < -0.39 is 17.5 Å². The third kappa shape index (κ3) is 3.31. The van der Waals surface area contributed by atoms with Crippen molar-refractivity contribution in [1.29, 1.82) is 0 Å². The van der Waals surface area contributed by atoms with Crippen molar-refractivity contribution in [2.24, 2.45) is 0 Å². The lowest BCUT2D eigenvalue weighted by atomic mass is 9.84. The highest BCUT2D eigenvalue weighted by Gasteiger charge is 2.55. The molecule has 0 radical (unpaired) electrons. The molecular weight excluding hydrogens is 430 g/mol. The third-order valence-electron chi connectivity index (χ3n) is 7.01. The number of ketones is 1. The van der Waals surface area contributed by atoms with Crippen LogP contribution in [-0.2, 0) is 10.3 Å². The Morgan fingerprint density at radius 3 is 2.56 bits per heavy atom. The maximum absolute atomic E-state index is 13.5. The van der Waals surface area contributed by atoms with E-state index in [9.17, 15) is 14.4 Å². The Bertz CT molecular complexity index is 1300. The van der Waals surface area contributed by atoms with Crippen LogP contribution in [0.4, 0.5) is 4.79 Å². The van der Waals surface area contributed by atoms with E-state index in [0.717, 1.165) is 21.9 Å². The summed E-state index contributed by atoms with van der Waals surface area (Å²) in [4.78, 5) is 40.8. The number of para-hydroxylation sites is 1. The summed E-state index contributed by atoms with van der Waals surface area (Å²) >= 11 is 0. The summed E-state index contributed by atoms with van der Waals surface area (Å²) in [5, 5.41) is 2.85. The summed E-state index contributed by atoms with van der Waals surface area (Å²) in [6, 6.07) is 18.6. The van der Waals surface area contributed by atoms with Gasteiger partial charge in [0.1, 0.15) is 5.75 Å². The molecule has 2 aromatic carbocycles. The molecule has 7 nitrogen and oxygen atoms in total. The number of aromatic nitrogens is 1. The van der Waals surface area contributed by atoms with E-state index in [1.807, 2.05) is 50.2 Å². The molecule has 2 atom stereocenters. The Labute approximate surface area is 198 Å². The van der Waals surface area contributed by atoms with Crippen molar-refractivity contribution >= 4 is 17.7 Å². The molecule has 0 unspecified atom stereocenters. The average molecular weight is 458 g/mol. The molecule has 3 aromatic rings. The van der Waals surface area contributed by atoms with Crippen LogP contribution >= 0.6 is 0 Å². The summed E-state index contributed by atoms with van der Waals surface area (Å²) < 4.78 is 7.79. The molecular formula is C27H27N3O4. The van der Waals surface area contributed by atoms with Crippen molar-refractivity contribution in [3.63, 3.8) is 0 Å². The van der Waals surface area contributed by atoms with Crippen LogP contribution in [0.25, 0.3) is 0 Å². The van der Waals surface area contributed by atoms with Crippen molar-refractivity contribution in [3.05, 3.63) is 88.7 Å². The van der Waals surface area contributed by atoms with E-state index in [1.165, 1.54) is 0 Å². The molecule has 174 valence electrons. The third-order valence-corrected chi connectivity index (χ3v) is 7.01. The average Bonchev–Trinajstić information content (AvgIpc) is 3.27. The zero-order valence-corrected chi connectivity index (χ0v) is 19.5. The van der Waals surface area contributed by atoms with Crippen LogP contribution in [0.3, 0.4) is 0 Å². The van der Waals surface area contributed by atoms with Crippen LogP contribution in [-0.4, -0.2) is 40.3 Å². The minimum atomic E-state index is -1.19. The van der Waals surface area contributed by atoms with E-state index in [4.69, 9.17) is 4.74 Å². The van der Waals surface area contributed by atoms with Gasteiger partial charge in [0.05, 0.1) is 19.2 Å². The number of ether oxygens (including phenoxy) is 1. The molecule has 1 aromatic heterocycles. The highest BCUT2D eigenvalue weighted by atomic mass is 16.5. The maximum atomic E-state index is 13.5. The fraction of sp³-hybridized carbons (Fsp3) is 0.296. The number of nitrogens with zero attached hydrogens (tertiary/aromatic N) is 2. The molecule has 5 rings (SSSR count). The van der Waals surface area contributed by atoms with Gasteiger partial charge in [0.15, 0.2) is 11.3 Å². The first-order chi connectivity index (χ1) is 16.3. The molecule has 7 heteroatoms. The van der Waals surface area contributed by atoms with Gasteiger partial charge in [-0.3, -0.25) is 14.5 Å². The lowest BCUT2D eigenvalue weighted by molar-refractivity contribution is -0.132. The van der Waals surface area contributed by atoms with Gasteiger partial charge in [-0.25, -0.2) is 4.79 Å². The standard InChI is InChI=1S/C27H27N3O4/c1-17-15-21(19(3)30(17)18(2)20-9-5-4-6-10-20)23(31)16-29-25(32)27(28-26(29)33)13-14-34-24-12-8-7-11-22(24)27/h4-12,15,18H,13-14,16H2,1-3H3,(H,28,33)/t18-,27-/m1/s1. The van der Waals surface area contributed by atoms with Gasteiger partial charge in [-0.15, -0.1) is 0 Å². The van der Waals surface area contributed by atoms with Gasteiger partial charge in [0.2, 0.25) is 0 Å². The number of aryl methyl sites for hydroxylation is 1. The zero-order chi connectivity index (χ0) is 24.0.